The number of nitrogens with zero attached hydrogens (tertiary/aromatic N) is 3. The van der Waals surface area contributed by atoms with Crippen LogP contribution in [0.15, 0.2) is 41.6 Å². The Balaban J connectivity index is 1.40. The topological polar surface area (TPSA) is 104 Å². The van der Waals surface area contributed by atoms with E-state index in [4.69, 9.17) is 26.9 Å². The predicted molar refractivity (Wildman–Crippen MR) is 116 cm³/mol. The largest absolute Gasteiger partial charge is 0.485 e. The zero-order valence-electron chi connectivity index (χ0n) is 16.4. The van der Waals surface area contributed by atoms with E-state index in [1.54, 1.807) is 0 Å². The highest BCUT2D eigenvalue weighted by molar-refractivity contribution is 7.99. The van der Waals surface area contributed by atoms with Crippen LogP contribution in [0.2, 0.25) is 5.02 Å². The number of nitrogen functional groups attached to an aromatic ring is 1. The van der Waals surface area contributed by atoms with Gasteiger partial charge >= 0.3 is 0 Å². The number of hydrogen-bond donors (Lipinski definition) is 2. The first kappa shape index (κ1) is 20.4. The van der Waals surface area contributed by atoms with E-state index < -0.39 is 6.10 Å². The van der Waals surface area contributed by atoms with Crippen LogP contribution in [0.4, 0.5) is 5.69 Å². The Labute approximate surface area is 182 Å². The number of ether oxygens (including phenoxy) is 2. The molecule has 1 aromatic heterocycles. The van der Waals surface area contributed by atoms with Crippen molar-refractivity contribution in [1.29, 1.82) is 0 Å². The number of halogens is 1. The Morgan fingerprint density at radius 1 is 1.30 bits per heavy atom. The zero-order chi connectivity index (χ0) is 21.3. The number of nitrogens with one attached hydrogen (secondary N) is 1. The molecule has 0 aliphatic carbocycles. The number of carbonyl (C=O) groups is 1. The van der Waals surface area contributed by atoms with Crippen LogP contribution >= 0.6 is 23.4 Å². The molecule has 3 N–H and O–H groups in total. The molecule has 0 spiro atoms. The summed E-state index contributed by atoms with van der Waals surface area (Å²) >= 11 is 7.43. The van der Waals surface area contributed by atoms with Crippen molar-refractivity contribution < 1.29 is 14.3 Å². The lowest BCUT2D eigenvalue weighted by Crippen LogP contribution is -2.27. The average Bonchev–Trinajstić information content (AvgIpc) is 3.09. The standard InChI is InChI=1S/C20H20ClN5O3S/c1-11-7-12(2)18(13(21)8-11)23-17(27)10-30-20-25-24-19(26(20)22)16-9-28-14-5-3-4-6-15(14)29-16/h3-8,16H,9-10,22H2,1-2H3,(H,23,27)/t16-/m0/s1. The van der Waals surface area contributed by atoms with Crippen LogP contribution in [-0.2, 0) is 4.79 Å². The molecule has 10 heteroatoms. The van der Waals surface area contributed by atoms with Gasteiger partial charge in [-0.3, -0.25) is 4.79 Å². The smallest absolute Gasteiger partial charge is 0.234 e. The van der Waals surface area contributed by atoms with E-state index in [1.165, 1.54) is 16.4 Å². The van der Waals surface area contributed by atoms with Crippen molar-refractivity contribution in [2.75, 3.05) is 23.5 Å². The first-order chi connectivity index (χ1) is 14.4. The van der Waals surface area contributed by atoms with Gasteiger partial charge in [0.25, 0.3) is 0 Å². The second-order valence-corrected chi connectivity index (χ2v) is 8.20. The summed E-state index contributed by atoms with van der Waals surface area (Å²) in [6, 6.07) is 11.2. The number of nitrogens with two attached hydrogens (primary N) is 1. The molecule has 30 heavy (non-hydrogen) atoms. The number of fused-ring (bicyclic) bond motifs is 1. The van der Waals surface area contributed by atoms with Crippen molar-refractivity contribution in [3.05, 3.63) is 58.4 Å². The lowest BCUT2D eigenvalue weighted by atomic mass is 10.1. The number of anilines is 1. The molecule has 0 unspecified atom stereocenters. The van der Waals surface area contributed by atoms with E-state index in [2.05, 4.69) is 15.5 Å². The van der Waals surface area contributed by atoms with Gasteiger partial charge in [-0.1, -0.05) is 41.6 Å². The van der Waals surface area contributed by atoms with Crippen LogP contribution in [0, 0.1) is 13.8 Å². The van der Waals surface area contributed by atoms with Gasteiger partial charge in [0, 0.05) is 0 Å². The monoisotopic (exact) mass is 445 g/mol. The highest BCUT2D eigenvalue weighted by Gasteiger charge is 2.28. The Kier molecular flexibility index (Phi) is 5.74. The van der Waals surface area contributed by atoms with Crippen LogP contribution in [0.25, 0.3) is 0 Å². The number of carbonyl (C=O) groups excluding carboxylic acids is 1. The van der Waals surface area contributed by atoms with Crippen molar-refractivity contribution >= 4 is 35.0 Å². The molecule has 1 aliphatic rings. The summed E-state index contributed by atoms with van der Waals surface area (Å²) in [7, 11) is 0. The number of rotatable bonds is 5. The summed E-state index contributed by atoms with van der Waals surface area (Å²) in [6.07, 6.45) is -0.491. The van der Waals surface area contributed by atoms with Gasteiger partial charge in [0.05, 0.1) is 16.5 Å². The normalized spacial score (nSPS) is 15.1. The Morgan fingerprint density at radius 3 is 2.83 bits per heavy atom. The molecule has 0 radical (unpaired) electrons. The molecule has 156 valence electrons. The molecule has 0 fully saturated rings. The van der Waals surface area contributed by atoms with E-state index in [0.717, 1.165) is 11.1 Å². The number of para-hydroxylation sites is 2. The number of amides is 1. The first-order valence-electron chi connectivity index (χ1n) is 9.20. The molecule has 1 amide bonds. The van der Waals surface area contributed by atoms with Crippen molar-refractivity contribution in [3.63, 3.8) is 0 Å². The van der Waals surface area contributed by atoms with Gasteiger partial charge in [-0.05, 0) is 43.2 Å². The molecule has 0 bridgehead atoms. The fraction of sp³-hybridized carbons (Fsp3) is 0.250. The van der Waals surface area contributed by atoms with E-state index in [9.17, 15) is 4.79 Å². The Bertz CT molecular complexity index is 1080. The average molecular weight is 446 g/mol. The van der Waals surface area contributed by atoms with Crippen LogP contribution in [0.1, 0.15) is 23.1 Å². The first-order valence-corrected chi connectivity index (χ1v) is 10.6. The molecule has 8 nitrogen and oxygen atoms in total. The number of thioether (sulfide) groups is 1. The Hall–Kier alpha value is -2.91. The highest BCUT2D eigenvalue weighted by Crippen LogP contribution is 2.35. The maximum atomic E-state index is 12.4. The van der Waals surface area contributed by atoms with Gasteiger partial charge in [0.1, 0.15) is 6.61 Å². The molecule has 3 aromatic rings. The van der Waals surface area contributed by atoms with Crippen molar-refractivity contribution in [2.24, 2.45) is 0 Å². The summed E-state index contributed by atoms with van der Waals surface area (Å²) in [6.45, 7) is 4.11. The summed E-state index contributed by atoms with van der Waals surface area (Å²) in [4.78, 5) is 12.4. The third-order valence-corrected chi connectivity index (χ3v) is 5.76. The molecule has 1 atom stereocenters. The van der Waals surface area contributed by atoms with Gasteiger partial charge in [0.15, 0.2) is 23.4 Å². The van der Waals surface area contributed by atoms with Gasteiger partial charge in [-0.25, -0.2) is 4.68 Å². The zero-order valence-corrected chi connectivity index (χ0v) is 18.0. The van der Waals surface area contributed by atoms with E-state index in [0.29, 0.717) is 33.2 Å². The van der Waals surface area contributed by atoms with Crippen molar-refractivity contribution in [2.45, 2.75) is 25.1 Å². The summed E-state index contributed by atoms with van der Waals surface area (Å²) in [5, 5.41) is 11.9. The molecule has 0 saturated heterocycles. The van der Waals surface area contributed by atoms with Crippen molar-refractivity contribution in [1.82, 2.24) is 14.9 Å². The van der Waals surface area contributed by atoms with Gasteiger partial charge < -0.3 is 20.6 Å². The van der Waals surface area contributed by atoms with Gasteiger partial charge in [-0.15, -0.1) is 10.2 Å². The van der Waals surface area contributed by atoms with Crippen molar-refractivity contribution in [3.8, 4) is 11.5 Å². The SMILES string of the molecule is Cc1cc(C)c(NC(=O)CSc2nnc([C@@H]3COc4ccccc4O3)n2N)c(Cl)c1. The lowest BCUT2D eigenvalue weighted by molar-refractivity contribution is -0.113. The number of aryl methyl sites for hydroxylation is 2. The van der Waals surface area contributed by atoms with Gasteiger partial charge in [0.2, 0.25) is 11.1 Å². The lowest BCUT2D eigenvalue weighted by Gasteiger charge is -2.25. The number of hydrogen-bond acceptors (Lipinski definition) is 7. The summed E-state index contributed by atoms with van der Waals surface area (Å²) in [5.74, 6) is 7.74. The maximum Gasteiger partial charge on any atom is 0.234 e. The van der Waals surface area contributed by atoms with Crippen LogP contribution < -0.4 is 20.6 Å². The van der Waals surface area contributed by atoms with Crippen LogP contribution in [0.3, 0.4) is 0 Å². The maximum absolute atomic E-state index is 12.4. The van der Waals surface area contributed by atoms with E-state index in [1.807, 2.05) is 50.2 Å². The molecule has 0 saturated carbocycles. The van der Waals surface area contributed by atoms with Gasteiger partial charge in [-0.2, -0.15) is 0 Å². The minimum absolute atomic E-state index is 0.101. The fourth-order valence-electron chi connectivity index (χ4n) is 3.13. The summed E-state index contributed by atoms with van der Waals surface area (Å²) < 4.78 is 12.9. The second-order valence-electron chi connectivity index (χ2n) is 6.85. The molecule has 1 aliphatic heterocycles. The Morgan fingerprint density at radius 2 is 2.07 bits per heavy atom. The quantitative estimate of drug-likeness (QED) is 0.457. The minimum atomic E-state index is -0.491. The fourth-order valence-corrected chi connectivity index (χ4v) is 4.16. The predicted octanol–water partition coefficient (Wildman–Crippen LogP) is 3.51. The minimum Gasteiger partial charge on any atom is -0.485 e. The molecule has 2 heterocycles. The third-order valence-electron chi connectivity index (χ3n) is 4.52. The van der Waals surface area contributed by atoms with Crippen LogP contribution in [-0.4, -0.2) is 33.1 Å². The van der Waals surface area contributed by atoms with E-state index in [-0.39, 0.29) is 18.3 Å². The molecular weight excluding hydrogens is 426 g/mol. The molecule has 4 rings (SSSR count). The third kappa shape index (κ3) is 4.17. The molecular formula is C20H20ClN5O3S. The second kappa shape index (κ2) is 8.45. The highest BCUT2D eigenvalue weighted by atomic mass is 35.5. The van der Waals surface area contributed by atoms with Crippen LogP contribution in [0.5, 0.6) is 11.5 Å². The number of benzene rings is 2. The number of aromatic nitrogens is 3. The van der Waals surface area contributed by atoms with E-state index >= 15 is 0 Å². The molecule has 2 aromatic carbocycles. The summed E-state index contributed by atoms with van der Waals surface area (Å²) in [5.41, 5.74) is 2.54.